The molecule has 2 aromatic rings. The zero-order valence-electron chi connectivity index (χ0n) is 9.55. The first kappa shape index (κ1) is 13.5. The molecule has 1 aromatic carbocycles. The predicted octanol–water partition coefficient (Wildman–Crippen LogP) is 3.35. The lowest BCUT2D eigenvalue weighted by molar-refractivity contribution is 0.579. The van der Waals surface area contributed by atoms with Gasteiger partial charge >= 0.3 is 0 Å². The van der Waals surface area contributed by atoms with Crippen LogP contribution in [0.4, 0.5) is 24.8 Å². The lowest BCUT2D eigenvalue weighted by Crippen LogP contribution is -2.07. The second-order valence-corrected chi connectivity index (χ2v) is 4.20. The minimum atomic E-state index is -0.923. The minimum absolute atomic E-state index is 0.0358. The molecule has 0 aliphatic heterocycles. The normalized spacial score (nSPS) is 10.5. The van der Waals surface area contributed by atoms with Crippen molar-refractivity contribution in [2.75, 3.05) is 11.1 Å². The van der Waals surface area contributed by atoms with Gasteiger partial charge in [0, 0.05) is 12.6 Å². The summed E-state index contributed by atoms with van der Waals surface area (Å²) in [4.78, 5) is 3.54. The van der Waals surface area contributed by atoms with Crippen molar-refractivity contribution < 1.29 is 13.2 Å². The van der Waals surface area contributed by atoms with E-state index in [-0.39, 0.29) is 17.4 Å². The Morgan fingerprint density at radius 1 is 1.11 bits per heavy atom. The van der Waals surface area contributed by atoms with E-state index in [1.54, 1.807) is 0 Å². The second kappa shape index (κ2) is 5.36. The highest BCUT2D eigenvalue weighted by Gasteiger charge is 2.09. The van der Waals surface area contributed by atoms with Crippen molar-refractivity contribution in [2.45, 2.75) is 6.54 Å². The molecule has 0 fully saturated rings. The van der Waals surface area contributed by atoms with Gasteiger partial charge in [0.25, 0.3) is 0 Å². The molecular weight excluding hydrogens is 279 g/mol. The number of halogens is 4. The summed E-state index contributed by atoms with van der Waals surface area (Å²) in [7, 11) is 0. The van der Waals surface area contributed by atoms with E-state index in [1.165, 1.54) is 18.2 Å². The van der Waals surface area contributed by atoms with Gasteiger partial charge in [0.1, 0.15) is 5.82 Å². The molecular formula is C12H9ClF3N3. The molecule has 2 rings (SSSR count). The van der Waals surface area contributed by atoms with Crippen LogP contribution in [-0.4, -0.2) is 4.98 Å². The van der Waals surface area contributed by atoms with Gasteiger partial charge in [0.05, 0.1) is 5.02 Å². The van der Waals surface area contributed by atoms with Gasteiger partial charge in [0.15, 0.2) is 23.3 Å². The van der Waals surface area contributed by atoms with Gasteiger partial charge in [-0.05, 0) is 17.7 Å². The molecule has 1 heterocycles. The van der Waals surface area contributed by atoms with Crippen LogP contribution >= 0.6 is 11.6 Å². The molecule has 0 saturated heterocycles. The Bertz CT molecular complexity index is 619. The molecule has 7 heteroatoms. The van der Waals surface area contributed by atoms with E-state index >= 15 is 0 Å². The monoisotopic (exact) mass is 287 g/mol. The number of aromatic nitrogens is 1. The van der Waals surface area contributed by atoms with Crippen LogP contribution in [0.3, 0.4) is 0 Å². The number of pyridine rings is 1. The van der Waals surface area contributed by atoms with Crippen molar-refractivity contribution in [1.29, 1.82) is 0 Å². The summed E-state index contributed by atoms with van der Waals surface area (Å²) < 4.78 is 39.2. The van der Waals surface area contributed by atoms with Crippen LogP contribution in [0.5, 0.6) is 0 Å². The van der Waals surface area contributed by atoms with Gasteiger partial charge in [0.2, 0.25) is 0 Å². The van der Waals surface area contributed by atoms with E-state index in [0.29, 0.717) is 11.6 Å². The largest absolute Gasteiger partial charge is 0.381 e. The number of nitrogens with one attached hydrogen (secondary N) is 1. The molecule has 0 aliphatic carbocycles. The molecule has 0 radical (unpaired) electrons. The fourth-order valence-electron chi connectivity index (χ4n) is 1.44. The number of nitrogen functional groups attached to an aromatic ring is 1. The van der Waals surface area contributed by atoms with Gasteiger partial charge in [-0.1, -0.05) is 17.7 Å². The number of nitrogens with zero attached hydrogens (tertiary/aromatic N) is 1. The smallest absolute Gasteiger partial charge is 0.168 e. The summed E-state index contributed by atoms with van der Waals surface area (Å²) in [5.41, 5.74) is 5.86. The van der Waals surface area contributed by atoms with Crippen LogP contribution in [0.1, 0.15) is 5.56 Å². The Labute approximate surface area is 112 Å². The maximum Gasteiger partial charge on any atom is 0.168 e. The van der Waals surface area contributed by atoms with E-state index in [0.717, 1.165) is 0 Å². The highest BCUT2D eigenvalue weighted by molar-refractivity contribution is 6.30. The Morgan fingerprint density at radius 2 is 1.84 bits per heavy atom. The standard InChI is InChI=1S/C12H9ClF3N3/c13-7-3-6(1-2-8(7)14)5-18-12-10(16)4-9(15)11(17)19-12/h1-4H,5H2,(H3,17,18,19). The number of hydrogen-bond acceptors (Lipinski definition) is 3. The maximum atomic E-state index is 13.4. The fourth-order valence-corrected chi connectivity index (χ4v) is 1.64. The van der Waals surface area contributed by atoms with Crippen molar-refractivity contribution in [3.8, 4) is 0 Å². The van der Waals surface area contributed by atoms with Gasteiger partial charge in [-0.2, -0.15) is 0 Å². The maximum absolute atomic E-state index is 13.4. The average molecular weight is 288 g/mol. The zero-order valence-corrected chi connectivity index (χ0v) is 10.3. The van der Waals surface area contributed by atoms with Crippen molar-refractivity contribution in [3.63, 3.8) is 0 Å². The number of anilines is 2. The van der Waals surface area contributed by atoms with Gasteiger partial charge in [-0.15, -0.1) is 0 Å². The molecule has 0 atom stereocenters. The molecule has 3 nitrogen and oxygen atoms in total. The molecule has 3 N–H and O–H groups in total. The van der Waals surface area contributed by atoms with Crippen LogP contribution in [0.25, 0.3) is 0 Å². The molecule has 0 unspecified atom stereocenters. The lowest BCUT2D eigenvalue weighted by atomic mass is 10.2. The topological polar surface area (TPSA) is 50.9 Å². The summed E-state index contributed by atoms with van der Waals surface area (Å²) in [5, 5.41) is 2.59. The quantitative estimate of drug-likeness (QED) is 0.910. The number of benzene rings is 1. The van der Waals surface area contributed by atoms with Gasteiger partial charge < -0.3 is 11.1 Å². The third-order valence-corrected chi connectivity index (χ3v) is 2.69. The molecule has 19 heavy (non-hydrogen) atoms. The minimum Gasteiger partial charge on any atom is -0.381 e. The van der Waals surface area contributed by atoms with E-state index in [1.807, 2.05) is 0 Å². The first-order valence-corrected chi connectivity index (χ1v) is 5.64. The van der Waals surface area contributed by atoms with Gasteiger partial charge in [-0.3, -0.25) is 0 Å². The Hall–Kier alpha value is -1.95. The van der Waals surface area contributed by atoms with Crippen LogP contribution < -0.4 is 11.1 Å². The summed E-state index contributed by atoms with van der Waals surface area (Å²) in [6.45, 7) is 0.148. The third kappa shape index (κ3) is 3.08. The summed E-state index contributed by atoms with van der Waals surface area (Å²) >= 11 is 5.61. The Kier molecular flexibility index (Phi) is 3.80. The molecule has 100 valence electrons. The average Bonchev–Trinajstić information content (AvgIpc) is 2.36. The van der Waals surface area contributed by atoms with Crippen molar-refractivity contribution in [1.82, 2.24) is 4.98 Å². The molecule has 0 bridgehead atoms. The predicted molar refractivity (Wildman–Crippen MR) is 67.3 cm³/mol. The number of nitrogens with two attached hydrogens (primary N) is 1. The van der Waals surface area contributed by atoms with Crippen molar-refractivity contribution >= 4 is 23.2 Å². The molecule has 0 amide bonds. The van der Waals surface area contributed by atoms with E-state index in [2.05, 4.69) is 10.3 Å². The van der Waals surface area contributed by atoms with Gasteiger partial charge in [-0.25, -0.2) is 18.2 Å². The van der Waals surface area contributed by atoms with Crippen molar-refractivity contribution in [3.05, 3.63) is 52.3 Å². The van der Waals surface area contributed by atoms with E-state index in [9.17, 15) is 13.2 Å². The first-order chi connectivity index (χ1) is 8.97. The van der Waals surface area contributed by atoms with Crippen LogP contribution in [0, 0.1) is 17.5 Å². The summed E-state index contributed by atoms with van der Waals surface area (Å²) in [6.07, 6.45) is 0. The molecule has 0 aliphatic rings. The highest BCUT2D eigenvalue weighted by Crippen LogP contribution is 2.19. The van der Waals surface area contributed by atoms with Crippen LogP contribution in [-0.2, 0) is 6.54 Å². The third-order valence-electron chi connectivity index (χ3n) is 2.40. The molecule has 0 saturated carbocycles. The van der Waals surface area contributed by atoms with Crippen LogP contribution in [0.15, 0.2) is 24.3 Å². The van der Waals surface area contributed by atoms with Crippen molar-refractivity contribution in [2.24, 2.45) is 0 Å². The first-order valence-electron chi connectivity index (χ1n) is 5.26. The summed E-state index contributed by atoms with van der Waals surface area (Å²) in [5.74, 6) is -2.91. The number of rotatable bonds is 3. The Balaban J connectivity index is 2.14. The zero-order chi connectivity index (χ0) is 14.0. The highest BCUT2D eigenvalue weighted by atomic mass is 35.5. The fraction of sp³-hybridized carbons (Fsp3) is 0.0833. The SMILES string of the molecule is Nc1nc(NCc2ccc(F)c(Cl)c2)c(F)cc1F. The van der Waals surface area contributed by atoms with E-state index in [4.69, 9.17) is 17.3 Å². The van der Waals surface area contributed by atoms with Crippen LogP contribution in [0.2, 0.25) is 5.02 Å². The van der Waals surface area contributed by atoms with E-state index < -0.39 is 23.3 Å². The second-order valence-electron chi connectivity index (χ2n) is 3.79. The Morgan fingerprint density at radius 3 is 2.53 bits per heavy atom. The summed E-state index contributed by atoms with van der Waals surface area (Å²) in [6, 6.07) is 4.72. The molecule has 1 aromatic heterocycles. The lowest BCUT2D eigenvalue weighted by Gasteiger charge is -2.08. The molecule has 0 spiro atoms. The number of hydrogen-bond donors (Lipinski definition) is 2.